The van der Waals surface area contributed by atoms with Crippen molar-refractivity contribution >= 4 is 27.2 Å². The maximum absolute atomic E-state index is 13.5. The first-order chi connectivity index (χ1) is 14.7. The Hall–Kier alpha value is -3.04. The summed E-state index contributed by atoms with van der Waals surface area (Å²) in [4.78, 5) is 8.88. The van der Waals surface area contributed by atoms with Gasteiger partial charge in [0, 0.05) is 30.1 Å². The number of nitrogens with two attached hydrogens (primary N) is 2. The van der Waals surface area contributed by atoms with Crippen LogP contribution >= 0.6 is 11.3 Å². The minimum Gasteiger partial charge on any atom is -0.375 e. The van der Waals surface area contributed by atoms with Gasteiger partial charge in [0.1, 0.15) is 0 Å². The van der Waals surface area contributed by atoms with Gasteiger partial charge in [-0.05, 0) is 41.1 Å². The molecule has 9 heteroatoms. The topological polar surface area (TPSA) is 77.8 Å². The zero-order valence-corrected chi connectivity index (χ0v) is 17.0. The zero-order valence-electron chi connectivity index (χ0n) is 16.2. The maximum Gasteiger partial charge on any atom is 0.416 e. The highest BCUT2D eigenvalue weighted by Crippen LogP contribution is 2.34. The van der Waals surface area contributed by atoms with Crippen LogP contribution in [0.25, 0.3) is 21.2 Å². The molecule has 0 fully saturated rings. The Morgan fingerprint density at radius 3 is 2.42 bits per heavy atom. The predicted molar refractivity (Wildman–Crippen MR) is 114 cm³/mol. The fraction of sp³-hybridized carbons (Fsp3) is 0.182. The molecule has 160 valence electrons. The molecule has 0 unspecified atom stereocenters. The molecule has 0 aliphatic rings. The van der Waals surface area contributed by atoms with E-state index < -0.39 is 17.7 Å². The SMILES string of the molecule is Nc1nc(C[C@@H](N)Cc2ccc(C(F)(F)F)cc2)c(-c2ccc3cnc(F)cc3c2)s1. The largest absolute Gasteiger partial charge is 0.416 e. The van der Waals surface area contributed by atoms with Crippen LogP contribution in [-0.4, -0.2) is 16.0 Å². The van der Waals surface area contributed by atoms with Crippen LogP contribution in [0.1, 0.15) is 16.8 Å². The van der Waals surface area contributed by atoms with Gasteiger partial charge in [-0.3, -0.25) is 0 Å². The van der Waals surface area contributed by atoms with Crippen molar-refractivity contribution in [3.05, 3.63) is 77.5 Å². The Balaban J connectivity index is 1.55. The van der Waals surface area contributed by atoms with E-state index in [2.05, 4.69) is 9.97 Å². The molecular formula is C22H18F4N4S. The number of benzene rings is 2. The molecule has 0 saturated carbocycles. The molecule has 0 amide bonds. The summed E-state index contributed by atoms with van der Waals surface area (Å²) >= 11 is 1.31. The molecule has 1 atom stereocenters. The third-order valence-electron chi connectivity index (χ3n) is 4.90. The molecule has 0 radical (unpaired) electrons. The van der Waals surface area contributed by atoms with Crippen LogP contribution in [0.2, 0.25) is 0 Å². The van der Waals surface area contributed by atoms with Gasteiger partial charge in [-0.1, -0.05) is 35.6 Å². The van der Waals surface area contributed by atoms with E-state index in [0.717, 1.165) is 28.0 Å². The first kappa shape index (κ1) is 21.2. The van der Waals surface area contributed by atoms with Gasteiger partial charge in [0.25, 0.3) is 0 Å². The molecule has 0 bridgehead atoms. The lowest BCUT2D eigenvalue weighted by molar-refractivity contribution is -0.137. The molecule has 31 heavy (non-hydrogen) atoms. The van der Waals surface area contributed by atoms with Crippen molar-refractivity contribution in [3.63, 3.8) is 0 Å². The summed E-state index contributed by atoms with van der Waals surface area (Å²) in [5, 5.41) is 1.90. The Bertz CT molecular complexity index is 1220. The van der Waals surface area contributed by atoms with E-state index in [9.17, 15) is 17.6 Å². The van der Waals surface area contributed by atoms with Crippen LogP contribution in [0.3, 0.4) is 0 Å². The van der Waals surface area contributed by atoms with Crippen LogP contribution in [0, 0.1) is 5.95 Å². The molecule has 0 aliphatic carbocycles. The minimum atomic E-state index is -4.37. The van der Waals surface area contributed by atoms with E-state index in [1.165, 1.54) is 35.7 Å². The van der Waals surface area contributed by atoms with E-state index >= 15 is 0 Å². The Morgan fingerprint density at radius 1 is 0.968 bits per heavy atom. The number of alkyl halides is 3. The van der Waals surface area contributed by atoms with Crippen molar-refractivity contribution in [2.24, 2.45) is 5.73 Å². The van der Waals surface area contributed by atoms with Crippen LogP contribution in [0.5, 0.6) is 0 Å². The number of thiazole rings is 1. The van der Waals surface area contributed by atoms with Crippen molar-refractivity contribution in [2.75, 3.05) is 5.73 Å². The average molecular weight is 446 g/mol. The standard InChI is InChI=1S/C22H18F4N4S/c23-19-9-15-8-13(3-4-14(15)11-29-19)20-18(30-21(28)31-20)10-17(27)7-12-1-5-16(6-2-12)22(24,25)26/h1-6,8-9,11,17H,7,10,27H2,(H2,28,30)/t17-/m0/s1. The summed E-state index contributed by atoms with van der Waals surface area (Å²) in [6.07, 6.45) is -2.11. The van der Waals surface area contributed by atoms with Crippen molar-refractivity contribution in [1.82, 2.24) is 9.97 Å². The van der Waals surface area contributed by atoms with Crippen LogP contribution in [0.4, 0.5) is 22.7 Å². The lowest BCUT2D eigenvalue weighted by Crippen LogP contribution is -2.26. The highest BCUT2D eigenvalue weighted by molar-refractivity contribution is 7.18. The predicted octanol–water partition coefficient (Wildman–Crippen LogP) is 5.21. The first-order valence-corrected chi connectivity index (χ1v) is 10.2. The lowest BCUT2D eigenvalue weighted by Gasteiger charge is -2.13. The molecule has 4 N–H and O–H groups in total. The molecule has 4 rings (SSSR count). The second-order valence-corrected chi connectivity index (χ2v) is 8.29. The molecule has 2 aromatic carbocycles. The first-order valence-electron chi connectivity index (χ1n) is 9.41. The van der Waals surface area contributed by atoms with Crippen molar-refractivity contribution < 1.29 is 17.6 Å². The van der Waals surface area contributed by atoms with Gasteiger partial charge in [0.2, 0.25) is 5.95 Å². The number of anilines is 1. The number of hydrogen-bond donors (Lipinski definition) is 2. The van der Waals surface area contributed by atoms with Gasteiger partial charge in [0.05, 0.1) is 16.1 Å². The minimum absolute atomic E-state index is 0.362. The quantitative estimate of drug-likeness (QED) is 0.326. The number of fused-ring (bicyclic) bond motifs is 1. The fourth-order valence-corrected chi connectivity index (χ4v) is 4.30. The summed E-state index contributed by atoms with van der Waals surface area (Å²) in [6.45, 7) is 0. The smallest absolute Gasteiger partial charge is 0.375 e. The number of pyridine rings is 1. The van der Waals surface area contributed by atoms with E-state index in [-0.39, 0.29) is 6.04 Å². The molecule has 4 nitrogen and oxygen atoms in total. The monoisotopic (exact) mass is 446 g/mol. The van der Waals surface area contributed by atoms with Gasteiger partial charge in [-0.25, -0.2) is 9.97 Å². The van der Waals surface area contributed by atoms with E-state index in [0.29, 0.717) is 34.6 Å². The molecule has 0 aliphatic heterocycles. The molecule has 4 aromatic rings. The second-order valence-electron chi connectivity index (χ2n) is 7.26. The van der Waals surface area contributed by atoms with Crippen molar-refractivity contribution in [2.45, 2.75) is 25.1 Å². The molecular weight excluding hydrogens is 428 g/mol. The van der Waals surface area contributed by atoms with Crippen LogP contribution < -0.4 is 11.5 Å². The van der Waals surface area contributed by atoms with Gasteiger partial charge in [0.15, 0.2) is 5.13 Å². The normalized spacial score (nSPS) is 12.9. The van der Waals surface area contributed by atoms with Gasteiger partial charge in [-0.2, -0.15) is 17.6 Å². The van der Waals surface area contributed by atoms with E-state index in [1.807, 2.05) is 18.2 Å². The molecule has 0 saturated heterocycles. The maximum atomic E-state index is 13.5. The Labute approximate surface area is 179 Å². The van der Waals surface area contributed by atoms with Gasteiger partial charge >= 0.3 is 6.18 Å². The number of aromatic nitrogens is 2. The average Bonchev–Trinajstić information content (AvgIpc) is 3.07. The summed E-state index contributed by atoms with van der Waals surface area (Å²) < 4.78 is 51.7. The highest BCUT2D eigenvalue weighted by atomic mass is 32.1. The zero-order chi connectivity index (χ0) is 22.2. The lowest BCUT2D eigenvalue weighted by atomic mass is 9.99. The molecule has 2 aromatic heterocycles. The summed E-state index contributed by atoms with van der Waals surface area (Å²) in [5.41, 5.74) is 13.8. The molecule has 2 heterocycles. The number of halogens is 4. The highest BCUT2D eigenvalue weighted by Gasteiger charge is 2.30. The molecule has 0 spiro atoms. The van der Waals surface area contributed by atoms with E-state index in [1.54, 1.807) is 0 Å². The van der Waals surface area contributed by atoms with Crippen molar-refractivity contribution in [1.29, 1.82) is 0 Å². The number of rotatable bonds is 5. The summed E-state index contributed by atoms with van der Waals surface area (Å²) in [5.74, 6) is -0.563. The fourth-order valence-electron chi connectivity index (χ4n) is 3.44. The number of hydrogen-bond acceptors (Lipinski definition) is 5. The third-order valence-corrected chi connectivity index (χ3v) is 5.88. The van der Waals surface area contributed by atoms with Crippen molar-refractivity contribution in [3.8, 4) is 10.4 Å². The Morgan fingerprint density at radius 2 is 1.71 bits per heavy atom. The van der Waals surface area contributed by atoms with Crippen LogP contribution in [-0.2, 0) is 19.0 Å². The second kappa shape index (κ2) is 8.24. The van der Waals surface area contributed by atoms with E-state index in [4.69, 9.17) is 11.5 Å². The number of nitrogens with zero attached hydrogens (tertiary/aromatic N) is 2. The summed E-state index contributed by atoms with van der Waals surface area (Å²) in [6, 6.07) is 11.6. The van der Waals surface area contributed by atoms with Crippen LogP contribution in [0.15, 0.2) is 54.7 Å². The third kappa shape index (κ3) is 4.83. The van der Waals surface area contributed by atoms with Gasteiger partial charge in [-0.15, -0.1) is 0 Å². The number of nitrogen functional groups attached to an aromatic ring is 1. The summed E-state index contributed by atoms with van der Waals surface area (Å²) in [7, 11) is 0. The van der Waals surface area contributed by atoms with Gasteiger partial charge < -0.3 is 11.5 Å². The Kier molecular flexibility index (Phi) is 5.63.